The number of nitro groups is 1. The molecule has 3 aromatic rings. The van der Waals surface area contributed by atoms with Gasteiger partial charge < -0.3 is 4.98 Å². The molecule has 1 heterocycles. The van der Waals surface area contributed by atoms with Crippen LogP contribution >= 0.6 is 0 Å². The van der Waals surface area contributed by atoms with E-state index < -0.39 is 22.3 Å². The summed E-state index contributed by atoms with van der Waals surface area (Å²) in [6.07, 6.45) is 1.23. The van der Waals surface area contributed by atoms with Gasteiger partial charge in [0.05, 0.1) is 16.8 Å². The zero-order valence-electron chi connectivity index (χ0n) is 14.1. The van der Waals surface area contributed by atoms with Gasteiger partial charge in [0.1, 0.15) is 11.5 Å². The lowest BCUT2D eigenvalue weighted by Crippen LogP contribution is -2.24. The van der Waals surface area contributed by atoms with E-state index in [0.29, 0.717) is 11.1 Å². The minimum atomic E-state index is -0.755. The number of aromatic nitrogens is 2. The zero-order valence-corrected chi connectivity index (χ0v) is 14.1. The Kier molecular flexibility index (Phi) is 5.30. The van der Waals surface area contributed by atoms with Gasteiger partial charge in [-0.2, -0.15) is 10.1 Å². The summed E-state index contributed by atoms with van der Waals surface area (Å²) in [5.74, 6) is -1.16. The van der Waals surface area contributed by atoms with E-state index in [1.165, 1.54) is 54.7 Å². The van der Waals surface area contributed by atoms with E-state index in [9.17, 15) is 24.1 Å². The van der Waals surface area contributed by atoms with Crippen LogP contribution in [0.2, 0.25) is 0 Å². The second-order valence-electron chi connectivity index (χ2n) is 5.54. The van der Waals surface area contributed by atoms with Crippen molar-refractivity contribution in [1.29, 1.82) is 0 Å². The van der Waals surface area contributed by atoms with Gasteiger partial charge >= 0.3 is 5.69 Å². The lowest BCUT2D eigenvalue weighted by Gasteiger charge is -2.04. The molecule has 10 heteroatoms. The van der Waals surface area contributed by atoms with Crippen LogP contribution in [-0.2, 0) is 0 Å². The highest BCUT2D eigenvalue weighted by Crippen LogP contribution is 2.16. The number of carbonyl (C=O) groups excluding carboxylic acids is 1. The summed E-state index contributed by atoms with van der Waals surface area (Å²) in [6.45, 7) is 0. The van der Waals surface area contributed by atoms with Crippen LogP contribution in [-0.4, -0.2) is 27.0 Å². The molecular formula is C18H12FN5O4. The summed E-state index contributed by atoms with van der Waals surface area (Å²) >= 11 is 0. The minimum absolute atomic E-state index is 0.101. The topological polar surface area (TPSA) is 130 Å². The van der Waals surface area contributed by atoms with E-state index >= 15 is 0 Å². The standard InChI is InChI=1S/C18H12FN5O4/c19-13-6-4-12(5-7-13)15-9-16(22-18(26)21-15)17(25)23-20-10-11-2-1-3-14(8-11)24(27)28/h1-10H,(H,23,25)(H,21,22,26)/b20-10+. The zero-order chi connectivity index (χ0) is 20.1. The number of benzene rings is 2. The summed E-state index contributed by atoms with van der Waals surface area (Å²) in [4.78, 5) is 40.2. The molecule has 0 aliphatic rings. The average Bonchev–Trinajstić information content (AvgIpc) is 2.68. The average molecular weight is 381 g/mol. The summed E-state index contributed by atoms with van der Waals surface area (Å²) in [5.41, 5.74) is 2.30. The first-order valence-corrected chi connectivity index (χ1v) is 7.87. The van der Waals surface area contributed by atoms with Gasteiger partial charge in [-0.15, -0.1) is 0 Å². The summed E-state index contributed by atoms with van der Waals surface area (Å²) in [7, 11) is 0. The Morgan fingerprint density at radius 1 is 1.21 bits per heavy atom. The van der Waals surface area contributed by atoms with Gasteiger partial charge in [0.15, 0.2) is 0 Å². The molecule has 0 fully saturated rings. The third kappa shape index (κ3) is 4.49. The number of H-pyrrole nitrogens is 1. The van der Waals surface area contributed by atoms with E-state index in [0.717, 1.165) is 0 Å². The van der Waals surface area contributed by atoms with Gasteiger partial charge in [-0.1, -0.05) is 12.1 Å². The Hall–Kier alpha value is -4.21. The predicted octanol–water partition coefficient (Wildman–Crippen LogP) is 2.25. The van der Waals surface area contributed by atoms with E-state index in [2.05, 4.69) is 20.5 Å². The molecular weight excluding hydrogens is 369 g/mol. The highest BCUT2D eigenvalue weighted by Gasteiger charge is 2.10. The number of hydrogen-bond donors (Lipinski definition) is 2. The first kappa shape index (κ1) is 18.6. The largest absolute Gasteiger partial charge is 0.346 e. The monoisotopic (exact) mass is 381 g/mol. The smallest absolute Gasteiger partial charge is 0.301 e. The van der Waals surface area contributed by atoms with Crippen molar-refractivity contribution in [2.45, 2.75) is 0 Å². The van der Waals surface area contributed by atoms with Crippen molar-refractivity contribution in [3.8, 4) is 11.3 Å². The molecule has 0 bridgehead atoms. The molecule has 9 nitrogen and oxygen atoms in total. The Balaban J connectivity index is 1.77. The van der Waals surface area contributed by atoms with Crippen molar-refractivity contribution < 1.29 is 14.1 Å². The predicted molar refractivity (Wildman–Crippen MR) is 98.4 cm³/mol. The number of aromatic amines is 1. The van der Waals surface area contributed by atoms with Crippen LogP contribution in [0.3, 0.4) is 0 Å². The highest BCUT2D eigenvalue weighted by molar-refractivity contribution is 5.94. The molecule has 0 aliphatic carbocycles. The maximum Gasteiger partial charge on any atom is 0.346 e. The Morgan fingerprint density at radius 3 is 2.68 bits per heavy atom. The molecule has 28 heavy (non-hydrogen) atoms. The lowest BCUT2D eigenvalue weighted by atomic mass is 10.1. The van der Waals surface area contributed by atoms with E-state index in [1.54, 1.807) is 6.07 Å². The van der Waals surface area contributed by atoms with Crippen molar-refractivity contribution in [3.05, 3.63) is 92.3 Å². The van der Waals surface area contributed by atoms with E-state index in [1.807, 2.05) is 0 Å². The Labute approximate surface area is 156 Å². The van der Waals surface area contributed by atoms with Crippen LogP contribution in [0.15, 0.2) is 64.5 Å². The Bertz CT molecular complexity index is 1130. The number of nitrogens with one attached hydrogen (secondary N) is 2. The minimum Gasteiger partial charge on any atom is -0.301 e. The number of nitrogens with zero attached hydrogens (tertiary/aromatic N) is 3. The number of rotatable bonds is 5. The van der Waals surface area contributed by atoms with Crippen molar-refractivity contribution in [1.82, 2.24) is 15.4 Å². The first-order chi connectivity index (χ1) is 13.4. The third-order valence-electron chi connectivity index (χ3n) is 3.59. The molecule has 1 amide bonds. The third-order valence-corrected chi connectivity index (χ3v) is 3.59. The number of halogens is 1. The number of carbonyl (C=O) groups is 1. The quantitative estimate of drug-likeness (QED) is 0.398. The fourth-order valence-electron chi connectivity index (χ4n) is 2.29. The van der Waals surface area contributed by atoms with Gasteiger partial charge in [-0.05, 0) is 30.3 Å². The molecule has 0 saturated carbocycles. The first-order valence-electron chi connectivity index (χ1n) is 7.87. The molecule has 140 valence electrons. The number of non-ortho nitro benzene ring substituents is 1. The summed E-state index contributed by atoms with van der Waals surface area (Å²) < 4.78 is 13.0. The van der Waals surface area contributed by atoms with Crippen molar-refractivity contribution in [3.63, 3.8) is 0 Å². The van der Waals surface area contributed by atoms with Gasteiger partial charge in [-0.3, -0.25) is 14.9 Å². The van der Waals surface area contributed by atoms with Crippen LogP contribution in [0, 0.1) is 15.9 Å². The summed E-state index contributed by atoms with van der Waals surface area (Å²) in [6, 6.07) is 12.3. The molecule has 0 radical (unpaired) electrons. The Morgan fingerprint density at radius 2 is 1.96 bits per heavy atom. The molecule has 2 N–H and O–H groups in total. The molecule has 1 aromatic heterocycles. The molecule has 0 atom stereocenters. The number of hydrogen-bond acceptors (Lipinski definition) is 6. The van der Waals surface area contributed by atoms with Gasteiger partial charge in [0, 0.05) is 23.3 Å². The van der Waals surface area contributed by atoms with Crippen LogP contribution in [0.1, 0.15) is 16.1 Å². The van der Waals surface area contributed by atoms with E-state index in [4.69, 9.17) is 0 Å². The van der Waals surface area contributed by atoms with Gasteiger partial charge in [0.2, 0.25) is 0 Å². The lowest BCUT2D eigenvalue weighted by molar-refractivity contribution is -0.384. The van der Waals surface area contributed by atoms with Gasteiger partial charge in [0.25, 0.3) is 11.6 Å². The molecule has 0 aliphatic heterocycles. The number of amides is 1. The fourth-order valence-corrected chi connectivity index (χ4v) is 2.29. The molecule has 0 spiro atoms. The van der Waals surface area contributed by atoms with Crippen LogP contribution in [0.25, 0.3) is 11.3 Å². The molecule has 0 saturated heterocycles. The van der Waals surface area contributed by atoms with E-state index in [-0.39, 0.29) is 17.1 Å². The van der Waals surface area contributed by atoms with Crippen molar-refractivity contribution in [2.75, 3.05) is 0 Å². The molecule has 0 unspecified atom stereocenters. The molecule has 2 aromatic carbocycles. The van der Waals surface area contributed by atoms with Crippen LogP contribution in [0.5, 0.6) is 0 Å². The van der Waals surface area contributed by atoms with Crippen LogP contribution in [0.4, 0.5) is 10.1 Å². The summed E-state index contributed by atoms with van der Waals surface area (Å²) in [5, 5.41) is 14.5. The highest BCUT2D eigenvalue weighted by atomic mass is 19.1. The van der Waals surface area contributed by atoms with Crippen molar-refractivity contribution >= 4 is 17.8 Å². The second kappa shape index (κ2) is 7.99. The number of nitro benzene ring substituents is 1. The maximum atomic E-state index is 13.0. The van der Waals surface area contributed by atoms with Crippen LogP contribution < -0.4 is 11.1 Å². The number of hydrazone groups is 1. The SMILES string of the molecule is O=C(N/N=C/c1cccc([N+](=O)[O-])c1)c1cc(-c2ccc(F)cc2)nc(=O)[nH]1. The second-order valence-corrected chi connectivity index (χ2v) is 5.54. The fraction of sp³-hybridized carbons (Fsp3) is 0. The maximum absolute atomic E-state index is 13.0. The normalized spacial score (nSPS) is 10.8. The molecule has 3 rings (SSSR count). The van der Waals surface area contributed by atoms with Gasteiger partial charge in [-0.25, -0.2) is 14.6 Å². The van der Waals surface area contributed by atoms with Crippen molar-refractivity contribution in [2.24, 2.45) is 5.10 Å².